The Morgan fingerprint density at radius 2 is 1.61 bits per heavy atom. The lowest BCUT2D eigenvalue weighted by Gasteiger charge is -2.12. The van der Waals surface area contributed by atoms with E-state index < -0.39 is 23.1 Å². The zero-order valence-corrected chi connectivity index (χ0v) is 9.73. The number of rotatable bonds is 2. The van der Waals surface area contributed by atoms with Gasteiger partial charge in [-0.1, -0.05) is 17.7 Å². The number of nitrogens with one attached hydrogen (secondary N) is 1. The molecule has 0 aliphatic rings. The van der Waals surface area contributed by atoms with Crippen LogP contribution in [-0.4, -0.2) is 0 Å². The molecule has 0 radical (unpaired) electrons. The fourth-order valence-corrected chi connectivity index (χ4v) is 1.69. The number of benzene rings is 2. The van der Waals surface area contributed by atoms with Crippen LogP contribution in [-0.2, 0) is 0 Å². The monoisotopic (exact) mass is 272 g/mol. The predicted molar refractivity (Wildman–Crippen MR) is 65.5 cm³/mol. The summed E-state index contributed by atoms with van der Waals surface area (Å²) in [6.45, 7) is 0. The van der Waals surface area contributed by atoms with Crippen LogP contribution in [0.15, 0.2) is 30.3 Å². The number of para-hydroxylation sites is 1. The van der Waals surface area contributed by atoms with Crippen molar-refractivity contribution in [3.05, 3.63) is 52.8 Å². The van der Waals surface area contributed by atoms with E-state index in [4.69, 9.17) is 17.3 Å². The minimum atomic E-state index is -1.06. The second kappa shape index (κ2) is 4.78. The lowest BCUT2D eigenvalue weighted by Crippen LogP contribution is -2.02. The number of halogens is 4. The van der Waals surface area contributed by atoms with Crippen LogP contribution in [0.3, 0.4) is 0 Å². The third-order valence-electron chi connectivity index (χ3n) is 2.30. The molecule has 2 nitrogen and oxygen atoms in total. The first-order valence-electron chi connectivity index (χ1n) is 4.94. The molecular formula is C12H8ClF3N2. The van der Waals surface area contributed by atoms with E-state index in [1.165, 1.54) is 12.1 Å². The molecule has 94 valence electrons. The van der Waals surface area contributed by atoms with Crippen molar-refractivity contribution in [1.29, 1.82) is 0 Å². The molecule has 2 rings (SSSR count). The number of nitrogens with two attached hydrogens (primary N) is 1. The highest BCUT2D eigenvalue weighted by atomic mass is 35.5. The zero-order valence-electron chi connectivity index (χ0n) is 8.98. The summed E-state index contributed by atoms with van der Waals surface area (Å²) in [5, 5.41) is 2.64. The molecule has 2 aromatic rings. The van der Waals surface area contributed by atoms with E-state index in [0.29, 0.717) is 12.1 Å². The molecule has 0 heterocycles. The summed E-state index contributed by atoms with van der Waals surface area (Å²) >= 11 is 5.85. The Kier molecular flexibility index (Phi) is 3.34. The van der Waals surface area contributed by atoms with Crippen LogP contribution in [0, 0.1) is 17.5 Å². The first-order valence-corrected chi connectivity index (χ1v) is 5.32. The molecule has 2 aromatic carbocycles. The first-order chi connectivity index (χ1) is 8.49. The molecule has 0 saturated carbocycles. The topological polar surface area (TPSA) is 38.0 Å². The van der Waals surface area contributed by atoms with Crippen molar-refractivity contribution < 1.29 is 13.2 Å². The first kappa shape index (κ1) is 12.6. The fourth-order valence-electron chi connectivity index (χ4n) is 1.46. The maximum absolute atomic E-state index is 13.4. The number of nitrogen functional groups attached to an aromatic ring is 1. The third-order valence-corrected chi connectivity index (χ3v) is 2.62. The average molecular weight is 273 g/mol. The second-order valence-electron chi connectivity index (χ2n) is 3.57. The Bertz CT molecular complexity index is 559. The highest BCUT2D eigenvalue weighted by Crippen LogP contribution is 2.33. The van der Waals surface area contributed by atoms with Crippen molar-refractivity contribution in [2.75, 3.05) is 11.1 Å². The summed E-state index contributed by atoms with van der Waals surface area (Å²) < 4.78 is 39.6. The molecule has 0 aliphatic heterocycles. The molecule has 3 N–H and O–H groups in total. The van der Waals surface area contributed by atoms with Crippen LogP contribution >= 0.6 is 11.6 Å². The molecule has 0 aromatic heterocycles. The Morgan fingerprint density at radius 1 is 1.00 bits per heavy atom. The van der Waals surface area contributed by atoms with Gasteiger partial charge in [0.1, 0.15) is 11.5 Å². The van der Waals surface area contributed by atoms with Gasteiger partial charge in [-0.25, -0.2) is 13.2 Å². The van der Waals surface area contributed by atoms with Crippen molar-refractivity contribution in [2.45, 2.75) is 0 Å². The largest absolute Gasteiger partial charge is 0.397 e. The Balaban J connectivity index is 2.47. The van der Waals surface area contributed by atoms with Gasteiger partial charge in [0.2, 0.25) is 0 Å². The van der Waals surface area contributed by atoms with Crippen molar-refractivity contribution in [2.24, 2.45) is 0 Å². The summed E-state index contributed by atoms with van der Waals surface area (Å²) in [7, 11) is 0. The van der Waals surface area contributed by atoms with Crippen LogP contribution in [0.4, 0.5) is 30.2 Å². The van der Waals surface area contributed by atoms with Gasteiger partial charge in [0.05, 0.1) is 16.4 Å². The molecule has 18 heavy (non-hydrogen) atoms. The normalized spacial score (nSPS) is 10.4. The molecule has 0 aliphatic carbocycles. The molecule has 0 unspecified atom stereocenters. The minimum absolute atomic E-state index is 0.170. The van der Waals surface area contributed by atoms with Gasteiger partial charge in [-0.2, -0.15) is 0 Å². The highest BCUT2D eigenvalue weighted by molar-refractivity contribution is 6.34. The maximum Gasteiger partial charge on any atom is 0.152 e. The van der Waals surface area contributed by atoms with E-state index in [1.807, 2.05) is 0 Å². The van der Waals surface area contributed by atoms with Crippen molar-refractivity contribution in [3.63, 3.8) is 0 Å². The van der Waals surface area contributed by atoms with Gasteiger partial charge in [-0.05, 0) is 12.1 Å². The van der Waals surface area contributed by atoms with Gasteiger partial charge in [0, 0.05) is 12.1 Å². The van der Waals surface area contributed by atoms with Crippen LogP contribution in [0.5, 0.6) is 0 Å². The van der Waals surface area contributed by atoms with E-state index in [1.54, 1.807) is 6.07 Å². The van der Waals surface area contributed by atoms with Gasteiger partial charge in [-0.3, -0.25) is 0 Å². The Hall–Kier alpha value is -1.88. The SMILES string of the molecule is Nc1cccc(Cl)c1Nc1c(F)cc(F)cc1F. The van der Waals surface area contributed by atoms with Gasteiger partial charge in [0.15, 0.2) is 11.6 Å². The van der Waals surface area contributed by atoms with Gasteiger partial charge in [-0.15, -0.1) is 0 Å². The van der Waals surface area contributed by atoms with E-state index in [-0.39, 0.29) is 16.4 Å². The summed E-state index contributed by atoms with van der Waals surface area (Å²) in [6.07, 6.45) is 0. The summed E-state index contributed by atoms with van der Waals surface area (Å²) in [4.78, 5) is 0. The molecule has 0 spiro atoms. The van der Waals surface area contributed by atoms with Gasteiger partial charge >= 0.3 is 0 Å². The quantitative estimate of drug-likeness (QED) is 0.808. The predicted octanol–water partition coefficient (Wildman–Crippen LogP) is 4.08. The maximum atomic E-state index is 13.4. The van der Waals surface area contributed by atoms with E-state index in [9.17, 15) is 13.2 Å². The van der Waals surface area contributed by atoms with E-state index in [2.05, 4.69) is 5.32 Å². The third kappa shape index (κ3) is 2.36. The number of hydrogen-bond acceptors (Lipinski definition) is 2. The van der Waals surface area contributed by atoms with Crippen molar-refractivity contribution in [3.8, 4) is 0 Å². The van der Waals surface area contributed by atoms with Crippen molar-refractivity contribution in [1.82, 2.24) is 0 Å². The molecule has 0 bridgehead atoms. The summed E-state index contributed by atoms with van der Waals surface area (Å²) in [6, 6.07) is 5.77. The van der Waals surface area contributed by atoms with E-state index >= 15 is 0 Å². The van der Waals surface area contributed by atoms with E-state index in [0.717, 1.165) is 0 Å². The molecule has 0 fully saturated rings. The summed E-state index contributed by atoms with van der Waals surface area (Å²) in [5.41, 5.74) is 5.53. The van der Waals surface area contributed by atoms with Crippen LogP contribution in [0.1, 0.15) is 0 Å². The molecule has 6 heteroatoms. The number of anilines is 3. The van der Waals surface area contributed by atoms with Crippen LogP contribution < -0.4 is 11.1 Å². The molecule has 0 amide bonds. The lowest BCUT2D eigenvalue weighted by atomic mass is 10.2. The van der Waals surface area contributed by atoms with Gasteiger partial charge in [0.25, 0.3) is 0 Å². The lowest BCUT2D eigenvalue weighted by molar-refractivity contribution is 0.549. The Morgan fingerprint density at radius 3 is 2.17 bits per heavy atom. The fraction of sp³-hybridized carbons (Fsp3) is 0. The van der Waals surface area contributed by atoms with Crippen molar-refractivity contribution >= 4 is 28.7 Å². The minimum Gasteiger partial charge on any atom is -0.397 e. The smallest absolute Gasteiger partial charge is 0.152 e. The molecule has 0 atom stereocenters. The Labute approximate surface area is 106 Å². The number of hydrogen-bond donors (Lipinski definition) is 2. The van der Waals surface area contributed by atoms with Gasteiger partial charge < -0.3 is 11.1 Å². The molecular weight excluding hydrogens is 265 g/mol. The zero-order chi connectivity index (χ0) is 13.3. The second-order valence-corrected chi connectivity index (χ2v) is 3.98. The standard InChI is InChI=1S/C12H8ClF3N2/c13-7-2-1-3-10(17)11(7)18-12-8(15)4-6(14)5-9(12)16/h1-5,18H,17H2. The average Bonchev–Trinajstić information content (AvgIpc) is 2.26. The van der Waals surface area contributed by atoms with Crippen LogP contribution in [0.2, 0.25) is 5.02 Å². The summed E-state index contributed by atoms with van der Waals surface area (Å²) in [5.74, 6) is -3.12. The van der Waals surface area contributed by atoms with Crippen LogP contribution in [0.25, 0.3) is 0 Å². The molecule has 0 saturated heterocycles. The highest BCUT2D eigenvalue weighted by Gasteiger charge is 2.14.